The maximum absolute atomic E-state index is 12.4. The topological polar surface area (TPSA) is 52.6 Å². The molecule has 0 unspecified atom stereocenters. The highest BCUT2D eigenvalue weighted by Crippen LogP contribution is 2.47. The SMILES string of the molecule is C=CC/C=C1/CC(C(=O)OCC)(C(=O)OCC)C/C1=C/C. The third kappa shape index (κ3) is 3.63. The van der Waals surface area contributed by atoms with E-state index in [0.717, 1.165) is 11.1 Å². The van der Waals surface area contributed by atoms with Crippen LogP contribution in [0.25, 0.3) is 0 Å². The number of ether oxygens (including phenoxy) is 2. The maximum atomic E-state index is 12.4. The second kappa shape index (κ2) is 7.81. The number of hydrogen-bond donors (Lipinski definition) is 0. The molecular formula is C17H24O4. The van der Waals surface area contributed by atoms with Gasteiger partial charge in [-0.3, -0.25) is 9.59 Å². The van der Waals surface area contributed by atoms with Crippen LogP contribution in [-0.2, 0) is 19.1 Å². The maximum Gasteiger partial charge on any atom is 0.324 e. The smallest absolute Gasteiger partial charge is 0.324 e. The Balaban J connectivity index is 3.18. The molecular weight excluding hydrogens is 268 g/mol. The minimum Gasteiger partial charge on any atom is -0.465 e. The molecule has 1 fully saturated rings. The summed E-state index contributed by atoms with van der Waals surface area (Å²) in [4.78, 5) is 24.7. The Morgan fingerprint density at radius 3 is 2.10 bits per heavy atom. The van der Waals surface area contributed by atoms with Crippen LogP contribution in [-0.4, -0.2) is 25.2 Å². The first-order valence-electron chi connectivity index (χ1n) is 7.35. The first kappa shape index (κ1) is 17.2. The van der Waals surface area contributed by atoms with Crippen molar-refractivity contribution >= 4 is 11.9 Å². The van der Waals surface area contributed by atoms with Gasteiger partial charge in [-0.15, -0.1) is 6.58 Å². The molecule has 0 saturated heterocycles. The van der Waals surface area contributed by atoms with Crippen LogP contribution in [0.1, 0.15) is 40.0 Å². The predicted molar refractivity (Wildman–Crippen MR) is 81.6 cm³/mol. The summed E-state index contributed by atoms with van der Waals surface area (Å²) in [7, 11) is 0. The van der Waals surface area contributed by atoms with E-state index in [9.17, 15) is 9.59 Å². The molecule has 0 spiro atoms. The summed E-state index contributed by atoms with van der Waals surface area (Å²) in [5.41, 5.74) is 0.761. The first-order valence-corrected chi connectivity index (χ1v) is 7.35. The molecule has 0 N–H and O–H groups in total. The van der Waals surface area contributed by atoms with Gasteiger partial charge < -0.3 is 9.47 Å². The average Bonchev–Trinajstić information content (AvgIpc) is 2.86. The van der Waals surface area contributed by atoms with Crippen molar-refractivity contribution in [3.8, 4) is 0 Å². The van der Waals surface area contributed by atoms with E-state index in [1.807, 2.05) is 19.1 Å². The van der Waals surface area contributed by atoms with Crippen LogP contribution in [0.2, 0.25) is 0 Å². The zero-order valence-electron chi connectivity index (χ0n) is 13.1. The number of carbonyl (C=O) groups excluding carboxylic acids is 2. The van der Waals surface area contributed by atoms with Gasteiger partial charge in [0, 0.05) is 0 Å². The Kier molecular flexibility index (Phi) is 6.40. The molecule has 0 bridgehead atoms. The second-order valence-corrected chi connectivity index (χ2v) is 4.94. The van der Waals surface area contributed by atoms with Crippen molar-refractivity contribution in [1.29, 1.82) is 0 Å². The number of esters is 2. The molecule has 0 aromatic heterocycles. The van der Waals surface area contributed by atoms with Gasteiger partial charge in [0.05, 0.1) is 13.2 Å². The fourth-order valence-corrected chi connectivity index (χ4v) is 2.57. The Labute approximate surface area is 126 Å². The molecule has 1 saturated carbocycles. The molecule has 0 aliphatic heterocycles. The molecule has 21 heavy (non-hydrogen) atoms. The van der Waals surface area contributed by atoms with E-state index in [-0.39, 0.29) is 13.2 Å². The zero-order valence-corrected chi connectivity index (χ0v) is 13.1. The van der Waals surface area contributed by atoms with Gasteiger partial charge in [0.2, 0.25) is 0 Å². The predicted octanol–water partition coefficient (Wildman–Crippen LogP) is 3.34. The van der Waals surface area contributed by atoms with Gasteiger partial charge in [-0.25, -0.2) is 0 Å². The highest BCUT2D eigenvalue weighted by atomic mass is 16.6. The highest BCUT2D eigenvalue weighted by Gasteiger charge is 2.53. The fraction of sp³-hybridized carbons (Fsp3) is 0.529. The lowest BCUT2D eigenvalue weighted by Crippen LogP contribution is -2.39. The number of carbonyl (C=O) groups is 2. The van der Waals surface area contributed by atoms with Gasteiger partial charge in [0.1, 0.15) is 0 Å². The molecule has 1 aliphatic carbocycles. The molecule has 0 amide bonds. The van der Waals surface area contributed by atoms with E-state index in [1.165, 1.54) is 0 Å². The van der Waals surface area contributed by atoms with Crippen LogP contribution in [0.3, 0.4) is 0 Å². The largest absolute Gasteiger partial charge is 0.465 e. The molecule has 1 rings (SSSR count). The van der Waals surface area contributed by atoms with Crippen LogP contribution in [0.15, 0.2) is 36.0 Å². The molecule has 4 heteroatoms. The molecule has 0 heterocycles. The van der Waals surface area contributed by atoms with E-state index >= 15 is 0 Å². The lowest BCUT2D eigenvalue weighted by Gasteiger charge is -2.23. The summed E-state index contributed by atoms with van der Waals surface area (Å²) in [6.45, 7) is 9.56. The Morgan fingerprint density at radius 1 is 1.14 bits per heavy atom. The van der Waals surface area contributed by atoms with E-state index < -0.39 is 17.4 Å². The zero-order chi connectivity index (χ0) is 15.9. The van der Waals surface area contributed by atoms with Crippen LogP contribution >= 0.6 is 0 Å². The third-order valence-corrected chi connectivity index (χ3v) is 3.61. The van der Waals surface area contributed by atoms with Crippen molar-refractivity contribution in [2.75, 3.05) is 13.2 Å². The molecule has 0 aromatic carbocycles. The van der Waals surface area contributed by atoms with E-state index in [4.69, 9.17) is 9.47 Å². The fourth-order valence-electron chi connectivity index (χ4n) is 2.57. The van der Waals surface area contributed by atoms with Crippen LogP contribution < -0.4 is 0 Å². The van der Waals surface area contributed by atoms with E-state index in [2.05, 4.69) is 6.58 Å². The van der Waals surface area contributed by atoms with Gasteiger partial charge in [-0.1, -0.05) is 18.2 Å². The molecule has 0 aromatic rings. The first-order chi connectivity index (χ1) is 10.1. The van der Waals surface area contributed by atoms with Crippen LogP contribution in [0, 0.1) is 5.41 Å². The quantitative estimate of drug-likeness (QED) is 0.428. The van der Waals surface area contributed by atoms with Crippen molar-refractivity contribution in [2.45, 2.75) is 40.0 Å². The van der Waals surface area contributed by atoms with Gasteiger partial charge in [-0.05, 0) is 51.2 Å². The number of rotatable bonds is 6. The highest BCUT2D eigenvalue weighted by molar-refractivity contribution is 6.02. The summed E-state index contributed by atoms with van der Waals surface area (Å²) in [6, 6.07) is 0. The third-order valence-electron chi connectivity index (χ3n) is 3.61. The molecule has 116 valence electrons. The van der Waals surface area contributed by atoms with Crippen molar-refractivity contribution in [1.82, 2.24) is 0 Å². The van der Waals surface area contributed by atoms with Crippen molar-refractivity contribution in [3.63, 3.8) is 0 Å². The molecule has 1 aliphatic rings. The Morgan fingerprint density at radius 2 is 1.67 bits per heavy atom. The van der Waals surface area contributed by atoms with Gasteiger partial charge in [0.25, 0.3) is 0 Å². The van der Waals surface area contributed by atoms with Crippen LogP contribution in [0.5, 0.6) is 0 Å². The summed E-state index contributed by atoms with van der Waals surface area (Å²) in [5.74, 6) is -0.991. The normalized spacial score (nSPS) is 20.5. The summed E-state index contributed by atoms with van der Waals surface area (Å²) >= 11 is 0. The van der Waals surface area contributed by atoms with E-state index in [1.54, 1.807) is 19.9 Å². The van der Waals surface area contributed by atoms with Gasteiger partial charge >= 0.3 is 11.9 Å². The monoisotopic (exact) mass is 292 g/mol. The van der Waals surface area contributed by atoms with Gasteiger partial charge in [-0.2, -0.15) is 0 Å². The number of allylic oxidation sites excluding steroid dienone is 5. The minimum atomic E-state index is -1.24. The minimum absolute atomic E-state index is 0.247. The van der Waals surface area contributed by atoms with Crippen molar-refractivity contribution in [2.24, 2.45) is 5.41 Å². The Hall–Kier alpha value is -1.84. The lowest BCUT2D eigenvalue weighted by molar-refractivity contribution is -0.171. The van der Waals surface area contributed by atoms with E-state index in [0.29, 0.717) is 19.3 Å². The summed E-state index contributed by atoms with van der Waals surface area (Å²) < 4.78 is 10.3. The summed E-state index contributed by atoms with van der Waals surface area (Å²) in [6.07, 6.45) is 7.10. The average molecular weight is 292 g/mol. The Bertz CT molecular complexity index is 453. The molecule has 0 radical (unpaired) electrons. The van der Waals surface area contributed by atoms with Crippen molar-refractivity contribution < 1.29 is 19.1 Å². The van der Waals surface area contributed by atoms with Gasteiger partial charge in [0.15, 0.2) is 5.41 Å². The van der Waals surface area contributed by atoms with Crippen LogP contribution in [0.4, 0.5) is 0 Å². The van der Waals surface area contributed by atoms with Crippen molar-refractivity contribution in [3.05, 3.63) is 36.0 Å². The molecule has 0 atom stereocenters. The summed E-state index contributed by atoms with van der Waals surface area (Å²) in [5, 5.41) is 0. The number of hydrogen-bond acceptors (Lipinski definition) is 4. The lowest BCUT2D eigenvalue weighted by atomic mass is 9.85. The standard InChI is InChI=1S/C17H24O4/c1-5-9-10-14-12-17(11-13(14)6-2,15(18)20-7-3)16(19)21-8-4/h5-6,10H,1,7-9,11-12H2,2-4H3/b13-6-,14-10-. The molecule has 4 nitrogen and oxygen atoms in total. The second-order valence-electron chi connectivity index (χ2n) is 4.94.